The molecule has 1 aromatic rings. The average molecular weight is 261 g/mol. The minimum atomic E-state index is -0.0842. The Kier molecular flexibility index (Phi) is 3.63. The highest BCUT2D eigenvalue weighted by atomic mass is 16.1. The van der Waals surface area contributed by atoms with Crippen molar-refractivity contribution in [2.24, 2.45) is 0 Å². The van der Waals surface area contributed by atoms with E-state index in [9.17, 15) is 4.79 Å². The molecule has 19 heavy (non-hydrogen) atoms. The van der Waals surface area contributed by atoms with Crippen molar-refractivity contribution in [2.75, 3.05) is 0 Å². The first kappa shape index (κ1) is 14.0. The van der Waals surface area contributed by atoms with E-state index in [0.717, 1.165) is 12.8 Å². The van der Waals surface area contributed by atoms with Crippen molar-refractivity contribution in [3.8, 4) is 0 Å². The van der Waals surface area contributed by atoms with Crippen LogP contribution in [-0.2, 0) is 0 Å². The fourth-order valence-electron chi connectivity index (χ4n) is 3.18. The van der Waals surface area contributed by atoms with Crippen molar-refractivity contribution < 1.29 is 4.79 Å². The van der Waals surface area contributed by atoms with E-state index in [1.807, 2.05) is 12.1 Å². The first-order valence-electron chi connectivity index (χ1n) is 6.79. The lowest BCUT2D eigenvalue weighted by Crippen LogP contribution is -2.62. The molecule has 1 aromatic heterocycles. The third kappa shape index (κ3) is 3.77. The Morgan fingerprint density at radius 3 is 2.42 bits per heavy atom. The number of rotatable bonds is 2. The van der Waals surface area contributed by atoms with Crippen LogP contribution in [0.3, 0.4) is 0 Å². The van der Waals surface area contributed by atoms with Gasteiger partial charge in [-0.15, -0.1) is 0 Å². The number of carbonyl (C=O) groups excluding carboxylic acids is 1. The van der Waals surface area contributed by atoms with E-state index in [4.69, 9.17) is 0 Å². The Morgan fingerprint density at radius 1 is 1.26 bits per heavy atom. The number of nitrogens with zero attached hydrogens (tertiary/aromatic N) is 1. The molecule has 4 heteroatoms. The van der Waals surface area contributed by atoms with Gasteiger partial charge in [0, 0.05) is 23.3 Å². The van der Waals surface area contributed by atoms with Crippen molar-refractivity contribution >= 4 is 5.91 Å². The normalized spacial score (nSPS) is 21.9. The summed E-state index contributed by atoms with van der Waals surface area (Å²) in [5, 5.41) is 6.71. The zero-order valence-electron chi connectivity index (χ0n) is 12.2. The summed E-state index contributed by atoms with van der Waals surface area (Å²) in [5.74, 6) is -0.0842. The maximum absolute atomic E-state index is 12.1. The molecule has 1 aliphatic heterocycles. The highest BCUT2D eigenvalue weighted by Crippen LogP contribution is 2.28. The smallest absolute Gasteiger partial charge is 0.270 e. The zero-order chi connectivity index (χ0) is 14.1. The van der Waals surface area contributed by atoms with E-state index in [-0.39, 0.29) is 23.0 Å². The first-order chi connectivity index (χ1) is 8.77. The van der Waals surface area contributed by atoms with Crippen LogP contribution >= 0.6 is 0 Å². The lowest BCUT2D eigenvalue weighted by Gasteiger charge is -2.46. The molecular formula is C15H23N3O. The van der Waals surface area contributed by atoms with E-state index in [1.54, 1.807) is 12.3 Å². The summed E-state index contributed by atoms with van der Waals surface area (Å²) in [4.78, 5) is 16.2. The maximum Gasteiger partial charge on any atom is 0.270 e. The van der Waals surface area contributed by atoms with Crippen LogP contribution in [0.25, 0.3) is 0 Å². The van der Waals surface area contributed by atoms with Crippen molar-refractivity contribution in [2.45, 2.75) is 57.7 Å². The lowest BCUT2D eigenvalue weighted by atomic mass is 9.79. The van der Waals surface area contributed by atoms with E-state index < -0.39 is 0 Å². The molecule has 2 N–H and O–H groups in total. The van der Waals surface area contributed by atoms with Gasteiger partial charge in [0.15, 0.2) is 0 Å². The van der Waals surface area contributed by atoms with Gasteiger partial charge in [-0.2, -0.15) is 0 Å². The Morgan fingerprint density at radius 2 is 1.89 bits per heavy atom. The Hall–Kier alpha value is -1.42. The van der Waals surface area contributed by atoms with Crippen LogP contribution in [0.4, 0.5) is 0 Å². The van der Waals surface area contributed by atoms with Crippen molar-refractivity contribution in [3.05, 3.63) is 30.1 Å². The summed E-state index contributed by atoms with van der Waals surface area (Å²) in [6.45, 7) is 8.70. The van der Waals surface area contributed by atoms with Crippen LogP contribution in [0, 0.1) is 0 Å². The molecule has 1 saturated heterocycles. The van der Waals surface area contributed by atoms with Crippen LogP contribution in [0.15, 0.2) is 24.4 Å². The predicted molar refractivity (Wildman–Crippen MR) is 76.0 cm³/mol. The summed E-state index contributed by atoms with van der Waals surface area (Å²) < 4.78 is 0. The summed E-state index contributed by atoms with van der Waals surface area (Å²) in [6, 6.07) is 5.57. The molecule has 0 atom stereocenters. The molecular weight excluding hydrogens is 238 g/mol. The molecule has 1 aliphatic rings. The molecule has 0 aromatic carbocycles. The monoisotopic (exact) mass is 261 g/mol. The highest BCUT2D eigenvalue weighted by Gasteiger charge is 2.38. The summed E-state index contributed by atoms with van der Waals surface area (Å²) >= 11 is 0. The van der Waals surface area contributed by atoms with Crippen LogP contribution in [0.1, 0.15) is 51.0 Å². The largest absolute Gasteiger partial charge is 0.348 e. The number of piperidine rings is 1. The summed E-state index contributed by atoms with van der Waals surface area (Å²) in [5.41, 5.74) is 0.546. The van der Waals surface area contributed by atoms with Gasteiger partial charge in [0.25, 0.3) is 5.91 Å². The maximum atomic E-state index is 12.1. The summed E-state index contributed by atoms with van der Waals surface area (Å²) in [6.07, 6.45) is 3.50. The number of amides is 1. The molecule has 1 fully saturated rings. The fraction of sp³-hybridized carbons (Fsp3) is 0.600. The SMILES string of the molecule is CC1(C)CC(NC(=O)c2ccccn2)CC(C)(C)N1. The van der Waals surface area contributed by atoms with Crippen molar-refractivity contribution in [1.29, 1.82) is 0 Å². The predicted octanol–water partition coefficient (Wildman–Crippen LogP) is 2.12. The molecule has 104 valence electrons. The lowest BCUT2D eigenvalue weighted by molar-refractivity contribution is 0.0868. The second-order valence-corrected chi connectivity index (χ2v) is 6.69. The molecule has 2 rings (SSSR count). The Bertz CT molecular complexity index is 438. The molecule has 0 bridgehead atoms. The topological polar surface area (TPSA) is 54.0 Å². The van der Waals surface area contributed by atoms with Gasteiger partial charge in [-0.05, 0) is 52.7 Å². The van der Waals surface area contributed by atoms with Gasteiger partial charge in [0.1, 0.15) is 5.69 Å². The number of aromatic nitrogens is 1. The van der Waals surface area contributed by atoms with Crippen molar-refractivity contribution in [3.63, 3.8) is 0 Å². The zero-order valence-corrected chi connectivity index (χ0v) is 12.2. The molecule has 0 aliphatic carbocycles. The van der Waals surface area contributed by atoms with E-state index in [0.29, 0.717) is 5.69 Å². The number of carbonyl (C=O) groups is 1. The third-order valence-corrected chi connectivity index (χ3v) is 3.42. The van der Waals surface area contributed by atoms with Gasteiger partial charge < -0.3 is 10.6 Å². The molecule has 1 amide bonds. The van der Waals surface area contributed by atoms with Gasteiger partial charge in [-0.3, -0.25) is 9.78 Å². The van der Waals surface area contributed by atoms with Gasteiger partial charge in [-0.25, -0.2) is 0 Å². The fourth-order valence-corrected chi connectivity index (χ4v) is 3.18. The average Bonchev–Trinajstić information content (AvgIpc) is 2.25. The number of hydrogen-bond acceptors (Lipinski definition) is 3. The van der Waals surface area contributed by atoms with Gasteiger partial charge in [-0.1, -0.05) is 6.07 Å². The van der Waals surface area contributed by atoms with E-state index in [2.05, 4.69) is 43.3 Å². The quantitative estimate of drug-likeness (QED) is 0.857. The molecule has 2 heterocycles. The summed E-state index contributed by atoms with van der Waals surface area (Å²) in [7, 11) is 0. The first-order valence-corrected chi connectivity index (χ1v) is 6.79. The minimum absolute atomic E-state index is 0.0316. The molecule has 0 saturated carbocycles. The number of nitrogens with one attached hydrogen (secondary N) is 2. The number of hydrogen-bond donors (Lipinski definition) is 2. The minimum Gasteiger partial charge on any atom is -0.348 e. The molecule has 0 spiro atoms. The molecule has 4 nitrogen and oxygen atoms in total. The second kappa shape index (κ2) is 4.93. The van der Waals surface area contributed by atoms with Crippen LogP contribution in [0.5, 0.6) is 0 Å². The van der Waals surface area contributed by atoms with Crippen LogP contribution in [0.2, 0.25) is 0 Å². The van der Waals surface area contributed by atoms with Crippen LogP contribution < -0.4 is 10.6 Å². The molecule has 0 radical (unpaired) electrons. The van der Waals surface area contributed by atoms with Gasteiger partial charge in [0.05, 0.1) is 0 Å². The standard InChI is InChI=1S/C15H23N3O/c1-14(2)9-11(10-15(3,4)18-14)17-13(19)12-7-5-6-8-16-12/h5-8,11,18H,9-10H2,1-4H3,(H,17,19). The Labute approximate surface area is 115 Å². The van der Waals surface area contributed by atoms with Gasteiger partial charge in [0.2, 0.25) is 0 Å². The number of pyridine rings is 1. The van der Waals surface area contributed by atoms with Gasteiger partial charge >= 0.3 is 0 Å². The van der Waals surface area contributed by atoms with Crippen molar-refractivity contribution in [1.82, 2.24) is 15.6 Å². The highest BCUT2D eigenvalue weighted by molar-refractivity contribution is 5.92. The van der Waals surface area contributed by atoms with Crippen LogP contribution in [-0.4, -0.2) is 28.0 Å². The Balaban J connectivity index is 2.05. The van der Waals surface area contributed by atoms with E-state index in [1.165, 1.54) is 0 Å². The molecule has 0 unspecified atom stereocenters. The third-order valence-electron chi connectivity index (χ3n) is 3.42. The second-order valence-electron chi connectivity index (χ2n) is 6.69. The van der Waals surface area contributed by atoms with E-state index >= 15 is 0 Å².